The quantitative estimate of drug-likeness (QED) is 0.756. The number of carbonyl (C=O) groups is 1. The molecule has 0 radical (unpaired) electrons. The van der Waals surface area contributed by atoms with Crippen molar-refractivity contribution in [1.82, 2.24) is 4.98 Å². The molecule has 0 amide bonds. The van der Waals surface area contributed by atoms with Crippen molar-refractivity contribution < 1.29 is 9.90 Å². The van der Waals surface area contributed by atoms with Gasteiger partial charge in [-0.2, -0.15) is 0 Å². The van der Waals surface area contributed by atoms with Gasteiger partial charge >= 0.3 is 5.97 Å². The third-order valence-electron chi connectivity index (χ3n) is 1.92. The van der Waals surface area contributed by atoms with Crippen LogP contribution in [0, 0.1) is 6.92 Å². The lowest BCUT2D eigenvalue weighted by Gasteiger charge is -1.97. The molecule has 1 aromatic heterocycles. The Hall–Kier alpha value is -1.42. The Kier molecular flexibility index (Phi) is 1.77. The predicted octanol–water partition coefficient (Wildman–Crippen LogP) is 2.30. The SMILES string of the molecule is Cc1ccc(C(=O)O)c2scnc12. The van der Waals surface area contributed by atoms with Gasteiger partial charge in [0.05, 0.1) is 21.3 Å². The summed E-state index contributed by atoms with van der Waals surface area (Å²) in [5, 5.41) is 8.87. The maximum atomic E-state index is 10.8. The van der Waals surface area contributed by atoms with E-state index in [2.05, 4.69) is 4.98 Å². The number of aryl methyl sites for hydroxylation is 1. The number of benzene rings is 1. The molecule has 0 aliphatic heterocycles. The molecule has 0 aliphatic carbocycles. The third-order valence-corrected chi connectivity index (χ3v) is 2.78. The summed E-state index contributed by atoms with van der Waals surface area (Å²) in [6.45, 7) is 1.92. The molecule has 2 rings (SSSR count). The van der Waals surface area contributed by atoms with E-state index in [0.29, 0.717) is 5.56 Å². The minimum Gasteiger partial charge on any atom is -0.478 e. The number of hydrogen-bond acceptors (Lipinski definition) is 3. The highest BCUT2D eigenvalue weighted by molar-refractivity contribution is 7.17. The van der Waals surface area contributed by atoms with Crippen molar-refractivity contribution in [1.29, 1.82) is 0 Å². The van der Waals surface area contributed by atoms with Crippen LogP contribution in [0.2, 0.25) is 0 Å². The second-order valence-corrected chi connectivity index (χ2v) is 3.62. The highest BCUT2D eigenvalue weighted by atomic mass is 32.1. The van der Waals surface area contributed by atoms with Crippen LogP contribution in [-0.2, 0) is 0 Å². The molecule has 2 aromatic rings. The molecule has 0 bridgehead atoms. The van der Waals surface area contributed by atoms with Gasteiger partial charge in [-0.1, -0.05) is 6.07 Å². The molecule has 1 N–H and O–H groups in total. The van der Waals surface area contributed by atoms with Gasteiger partial charge in [0.2, 0.25) is 0 Å². The molecule has 0 unspecified atom stereocenters. The number of carboxylic acid groups (broad SMARTS) is 1. The number of hydrogen-bond donors (Lipinski definition) is 1. The number of rotatable bonds is 1. The zero-order valence-corrected chi connectivity index (χ0v) is 7.76. The van der Waals surface area contributed by atoms with Crippen LogP contribution in [0.3, 0.4) is 0 Å². The first-order valence-corrected chi connectivity index (χ1v) is 4.64. The normalized spacial score (nSPS) is 10.5. The second-order valence-electron chi connectivity index (χ2n) is 2.77. The monoisotopic (exact) mass is 193 g/mol. The molecule has 3 nitrogen and oxygen atoms in total. The van der Waals surface area contributed by atoms with E-state index < -0.39 is 5.97 Å². The molecule has 0 aliphatic rings. The average Bonchev–Trinajstić information content (AvgIpc) is 2.53. The molecule has 13 heavy (non-hydrogen) atoms. The molecule has 1 heterocycles. The number of aromatic nitrogens is 1. The summed E-state index contributed by atoms with van der Waals surface area (Å²) in [4.78, 5) is 14.9. The topological polar surface area (TPSA) is 50.2 Å². The fourth-order valence-corrected chi connectivity index (χ4v) is 2.12. The maximum absolute atomic E-state index is 10.8. The Morgan fingerprint density at radius 1 is 1.54 bits per heavy atom. The molecular formula is C9H7NO2S. The lowest BCUT2D eigenvalue weighted by molar-refractivity contribution is 0.0699. The largest absolute Gasteiger partial charge is 0.478 e. The molecule has 66 valence electrons. The molecular weight excluding hydrogens is 186 g/mol. The Bertz CT molecular complexity index is 475. The molecule has 1 aromatic carbocycles. The highest BCUT2D eigenvalue weighted by Crippen LogP contribution is 2.25. The van der Waals surface area contributed by atoms with Crippen LogP contribution >= 0.6 is 11.3 Å². The van der Waals surface area contributed by atoms with Crippen molar-refractivity contribution in [2.45, 2.75) is 6.92 Å². The Balaban J connectivity index is 2.86. The summed E-state index contributed by atoms with van der Waals surface area (Å²) in [6, 6.07) is 3.41. The van der Waals surface area contributed by atoms with Crippen LogP contribution in [0.15, 0.2) is 17.6 Å². The first kappa shape index (κ1) is 8.19. The third kappa shape index (κ3) is 1.19. The van der Waals surface area contributed by atoms with Crippen molar-refractivity contribution in [3.8, 4) is 0 Å². The molecule has 0 spiro atoms. The molecule has 4 heteroatoms. The van der Waals surface area contributed by atoms with E-state index in [1.807, 2.05) is 6.92 Å². The van der Waals surface area contributed by atoms with E-state index in [9.17, 15) is 4.79 Å². The van der Waals surface area contributed by atoms with E-state index in [0.717, 1.165) is 15.8 Å². The van der Waals surface area contributed by atoms with Gasteiger partial charge in [0.1, 0.15) is 0 Å². The van der Waals surface area contributed by atoms with Crippen LogP contribution in [0.4, 0.5) is 0 Å². The molecule has 0 atom stereocenters. The summed E-state index contributed by atoms with van der Waals surface area (Å²) >= 11 is 1.36. The fraction of sp³-hybridized carbons (Fsp3) is 0.111. The Morgan fingerprint density at radius 2 is 2.31 bits per heavy atom. The van der Waals surface area contributed by atoms with Gasteiger partial charge in [-0.05, 0) is 18.6 Å². The van der Waals surface area contributed by atoms with Gasteiger partial charge in [-0.3, -0.25) is 0 Å². The summed E-state index contributed by atoms with van der Waals surface area (Å²) in [6.07, 6.45) is 0. The smallest absolute Gasteiger partial charge is 0.337 e. The summed E-state index contributed by atoms with van der Waals surface area (Å²) in [5.41, 5.74) is 3.82. The van der Waals surface area contributed by atoms with Gasteiger partial charge in [0, 0.05) is 0 Å². The minimum absolute atomic E-state index is 0.336. The van der Waals surface area contributed by atoms with Crippen LogP contribution in [-0.4, -0.2) is 16.1 Å². The van der Waals surface area contributed by atoms with Crippen molar-refractivity contribution >= 4 is 27.5 Å². The lowest BCUT2D eigenvalue weighted by Crippen LogP contribution is -1.96. The number of thiazole rings is 1. The first-order chi connectivity index (χ1) is 6.20. The second kappa shape index (κ2) is 2.81. The van der Waals surface area contributed by atoms with Gasteiger partial charge in [0.25, 0.3) is 0 Å². The van der Waals surface area contributed by atoms with Crippen molar-refractivity contribution in [2.24, 2.45) is 0 Å². The van der Waals surface area contributed by atoms with Crippen LogP contribution in [0.1, 0.15) is 15.9 Å². The first-order valence-electron chi connectivity index (χ1n) is 3.76. The summed E-state index contributed by atoms with van der Waals surface area (Å²) in [5.74, 6) is -0.894. The van der Waals surface area contributed by atoms with Crippen LogP contribution < -0.4 is 0 Å². The zero-order chi connectivity index (χ0) is 9.42. The molecule has 0 saturated heterocycles. The summed E-state index contributed by atoms with van der Waals surface area (Å²) in [7, 11) is 0. The van der Waals surface area contributed by atoms with Gasteiger partial charge in [-0.25, -0.2) is 9.78 Å². The number of carboxylic acids is 1. The van der Waals surface area contributed by atoms with E-state index in [4.69, 9.17) is 5.11 Å². The average molecular weight is 193 g/mol. The molecule has 0 saturated carbocycles. The van der Waals surface area contributed by atoms with Crippen LogP contribution in [0.5, 0.6) is 0 Å². The zero-order valence-electron chi connectivity index (χ0n) is 6.94. The van der Waals surface area contributed by atoms with Gasteiger partial charge in [-0.15, -0.1) is 11.3 Å². The fourth-order valence-electron chi connectivity index (χ4n) is 1.25. The minimum atomic E-state index is -0.894. The van der Waals surface area contributed by atoms with Crippen molar-refractivity contribution in [3.05, 3.63) is 28.8 Å². The molecule has 0 fully saturated rings. The van der Waals surface area contributed by atoms with Gasteiger partial charge < -0.3 is 5.11 Å². The maximum Gasteiger partial charge on any atom is 0.337 e. The summed E-state index contributed by atoms with van der Waals surface area (Å²) < 4.78 is 0.757. The Labute approximate surface area is 78.7 Å². The van der Waals surface area contributed by atoms with E-state index in [-0.39, 0.29) is 0 Å². The predicted molar refractivity (Wildman–Crippen MR) is 51.3 cm³/mol. The lowest BCUT2D eigenvalue weighted by atomic mass is 10.1. The standard InChI is InChI=1S/C9H7NO2S/c1-5-2-3-6(9(11)12)8-7(5)10-4-13-8/h2-4H,1H3,(H,11,12). The van der Waals surface area contributed by atoms with E-state index in [1.165, 1.54) is 11.3 Å². The van der Waals surface area contributed by atoms with Crippen LogP contribution in [0.25, 0.3) is 10.2 Å². The number of fused-ring (bicyclic) bond motifs is 1. The van der Waals surface area contributed by atoms with E-state index in [1.54, 1.807) is 17.6 Å². The Morgan fingerprint density at radius 3 is 3.00 bits per heavy atom. The van der Waals surface area contributed by atoms with E-state index >= 15 is 0 Å². The van der Waals surface area contributed by atoms with Crippen molar-refractivity contribution in [2.75, 3.05) is 0 Å². The van der Waals surface area contributed by atoms with Crippen molar-refractivity contribution in [3.63, 3.8) is 0 Å². The highest BCUT2D eigenvalue weighted by Gasteiger charge is 2.11. The number of aromatic carboxylic acids is 1. The number of nitrogens with zero attached hydrogens (tertiary/aromatic N) is 1. The van der Waals surface area contributed by atoms with Gasteiger partial charge in [0.15, 0.2) is 0 Å².